The van der Waals surface area contributed by atoms with E-state index in [0.717, 1.165) is 22.9 Å². The minimum Gasteiger partial charge on any atom is -0.502 e. The van der Waals surface area contributed by atoms with Gasteiger partial charge in [0.2, 0.25) is 5.75 Å². The van der Waals surface area contributed by atoms with Gasteiger partial charge in [-0.25, -0.2) is 5.43 Å². The number of nitro benzene ring substituents is 1. The van der Waals surface area contributed by atoms with E-state index in [0.29, 0.717) is 5.75 Å². The normalized spacial score (nSPS) is 10.7. The predicted octanol–water partition coefficient (Wildman–Crippen LogP) is 2.75. The second-order valence-corrected chi connectivity index (χ2v) is 5.71. The summed E-state index contributed by atoms with van der Waals surface area (Å²) in [6, 6.07) is 7.92. The molecule has 0 aromatic heterocycles. The van der Waals surface area contributed by atoms with E-state index in [-0.39, 0.29) is 12.2 Å². The molecule has 0 spiro atoms. The molecule has 2 aromatic rings. The average molecular weight is 357 g/mol. The monoisotopic (exact) mass is 357 g/mol. The molecule has 1 amide bonds. The summed E-state index contributed by atoms with van der Waals surface area (Å²) in [5.41, 5.74) is 4.88. The van der Waals surface area contributed by atoms with Crippen molar-refractivity contribution < 1.29 is 19.6 Å². The molecule has 0 aliphatic rings. The Morgan fingerprint density at radius 3 is 2.65 bits per heavy atom. The van der Waals surface area contributed by atoms with Gasteiger partial charge in [0.05, 0.1) is 11.1 Å². The van der Waals surface area contributed by atoms with Crippen molar-refractivity contribution >= 4 is 17.8 Å². The van der Waals surface area contributed by atoms with E-state index in [1.807, 2.05) is 32.9 Å². The van der Waals surface area contributed by atoms with E-state index < -0.39 is 22.3 Å². The van der Waals surface area contributed by atoms with Crippen LogP contribution in [0.3, 0.4) is 0 Å². The number of phenols is 1. The zero-order valence-electron chi connectivity index (χ0n) is 14.6. The Balaban J connectivity index is 1.98. The molecule has 8 nitrogen and oxygen atoms in total. The van der Waals surface area contributed by atoms with Gasteiger partial charge in [-0.15, -0.1) is 0 Å². The third-order valence-corrected chi connectivity index (χ3v) is 3.86. The van der Waals surface area contributed by atoms with Crippen LogP contribution in [-0.4, -0.2) is 28.8 Å². The van der Waals surface area contributed by atoms with Crippen molar-refractivity contribution in [1.82, 2.24) is 5.43 Å². The number of hydrogen-bond donors (Lipinski definition) is 2. The Labute approximate surface area is 150 Å². The van der Waals surface area contributed by atoms with E-state index in [1.165, 1.54) is 18.2 Å². The van der Waals surface area contributed by atoms with Gasteiger partial charge in [-0.05, 0) is 43.5 Å². The van der Waals surface area contributed by atoms with Crippen molar-refractivity contribution in [3.8, 4) is 11.5 Å². The lowest BCUT2D eigenvalue weighted by atomic mass is 10.1. The number of carbonyl (C=O) groups is 1. The standard InChI is InChI=1S/C18H19N3O5/c1-11-7-8-12(2)18(13(11)3)26-10-16(22)20-19-9-14-5-4-6-15(17(14)23)21(24)25/h4-9,23H,10H2,1-3H3,(H,20,22)/b19-9+. The molecule has 0 aliphatic heterocycles. The number of benzene rings is 2. The zero-order chi connectivity index (χ0) is 19.3. The number of aryl methyl sites for hydroxylation is 2. The maximum absolute atomic E-state index is 11.9. The summed E-state index contributed by atoms with van der Waals surface area (Å²) >= 11 is 0. The van der Waals surface area contributed by atoms with E-state index >= 15 is 0 Å². The van der Waals surface area contributed by atoms with Crippen molar-refractivity contribution in [2.45, 2.75) is 20.8 Å². The first kappa shape index (κ1) is 18.9. The fourth-order valence-corrected chi connectivity index (χ4v) is 2.29. The molecule has 0 aliphatic carbocycles. The van der Waals surface area contributed by atoms with Crippen LogP contribution in [0.1, 0.15) is 22.3 Å². The molecule has 0 fully saturated rings. The zero-order valence-corrected chi connectivity index (χ0v) is 14.6. The fraction of sp³-hybridized carbons (Fsp3) is 0.222. The summed E-state index contributed by atoms with van der Waals surface area (Å²) in [6.07, 6.45) is 1.13. The lowest BCUT2D eigenvalue weighted by molar-refractivity contribution is -0.385. The first-order chi connectivity index (χ1) is 12.3. The third-order valence-electron chi connectivity index (χ3n) is 3.86. The Bertz CT molecular complexity index is 877. The molecule has 8 heteroatoms. The van der Waals surface area contributed by atoms with Gasteiger partial charge in [0.25, 0.3) is 5.91 Å². The number of para-hydroxylation sites is 1. The van der Waals surface area contributed by atoms with Gasteiger partial charge in [-0.2, -0.15) is 5.10 Å². The van der Waals surface area contributed by atoms with E-state index in [2.05, 4.69) is 10.5 Å². The summed E-state index contributed by atoms with van der Waals surface area (Å²) < 4.78 is 5.56. The number of nitro groups is 1. The molecule has 0 heterocycles. The van der Waals surface area contributed by atoms with Crippen molar-refractivity contribution in [1.29, 1.82) is 0 Å². The smallest absolute Gasteiger partial charge is 0.311 e. The van der Waals surface area contributed by atoms with Crippen LogP contribution in [0.25, 0.3) is 0 Å². The van der Waals surface area contributed by atoms with Gasteiger partial charge in [0.1, 0.15) is 5.75 Å². The number of hydrazone groups is 1. The highest BCUT2D eigenvalue weighted by molar-refractivity contribution is 5.87. The quantitative estimate of drug-likeness (QED) is 0.469. The maximum Gasteiger partial charge on any atom is 0.311 e. The third kappa shape index (κ3) is 4.35. The van der Waals surface area contributed by atoms with E-state index in [4.69, 9.17) is 4.74 Å². The Morgan fingerprint density at radius 2 is 1.96 bits per heavy atom. The first-order valence-electron chi connectivity index (χ1n) is 7.79. The highest BCUT2D eigenvalue weighted by atomic mass is 16.6. The minimum absolute atomic E-state index is 0.116. The van der Waals surface area contributed by atoms with Gasteiger partial charge < -0.3 is 9.84 Å². The molecule has 0 saturated carbocycles. The van der Waals surface area contributed by atoms with Crippen LogP contribution in [0.5, 0.6) is 11.5 Å². The fourth-order valence-electron chi connectivity index (χ4n) is 2.29. The summed E-state index contributed by atoms with van der Waals surface area (Å²) in [4.78, 5) is 21.9. The molecule has 2 N–H and O–H groups in total. The molecule has 136 valence electrons. The summed E-state index contributed by atoms with van der Waals surface area (Å²) in [7, 11) is 0. The second-order valence-electron chi connectivity index (χ2n) is 5.71. The number of nitrogens with one attached hydrogen (secondary N) is 1. The topological polar surface area (TPSA) is 114 Å². The Hall–Kier alpha value is -3.42. The van der Waals surface area contributed by atoms with Gasteiger partial charge in [0, 0.05) is 11.6 Å². The van der Waals surface area contributed by atoms with Gasteiger partial charge >= 0.3 is 5.69 Å². The summed E-state index contributed by atoms with van der Waals surface area (Å²) in [6.45, 7) is 5.53. The van der Waals surface area contributed by atoms with Crippen LogP contribution in [0.2, 0.25) is 0 Å². The number of carbonyl (C=O) groups excluding carboxylic acids is 1. The van der Waals surface area contributed by atoms with Crippen LogP contribution in [0.15, 0.2) is 35.4 Å². The molecule has 0 saturated heterocycles. The first-order valence-corrected chi connectivity index (χ1v) is 7.79. The molecule has 0 radical (unpaired) electrons. The summed E-state index contributed by atoms with van der Waals surface area (Å²) in [5, 5.41) is 24.3. The van der Waals surface area contributed by atoms with Crippen LogP contribution in [0, 0.1) is 30.9 Å². The minimum atomic E-state index is -0.703. The number of hydrogen-bond acceptors (Lipinski definition) is 6. The number of phenolic OH excluding ortho intramolecular Hbond substituents is 1. The number of amides is 1. The second kappa shape index (κ2) is 8.11. The van der Waals surface area contributed by atoms with Crippen molar-refractivity contribution in [3.63, 3.8) is 0 Å². The lowest BCUT2D eigenvalue weighted by Crippen LogP contribution is -2.25. The van der Waals surface area contributed by atoms with Crippen LogP contribution < -0.4 is 10.2 Å². The Kier molecular flexibility index (Phi) is 5.90. The number of aromatic hydroxyl groups is 1. The predicted molar refractivity (Wildman–Crippen MR) is 96.6 cm³/mol. The number of rotatable bonds is 6. The molecule has 0 atom stereocenters. The van der Waals surface area contributed by atoms with Gasteiger partial charge in [-0.3, -0.25) is 14.9 Å². The van der Waals surface area contributed by atoms with E-state index in [1.54, 1.807) is 0 Å². The van der Waals surface area contributed by atoms with Crippen molar-refractivity contribution in [2.75, 3.05) is 6.61 Å². The molecule has 2 aromatic carbocycles. The SMILES string of the molecule is Cc1ccc(C)c(OCC(=O)N/N=C/c2cccc([N+](=O)[O-])c2O)c1C. The van der Waals surface area contributed by atoms with Crippen LogP contribution in [-0.2, 0) is 4.79 Å². The van der Waals surface area contributed by atoms with Crippen LogP contribution >= 0.6 is 0 Å². The summed E-state index contributed by atoms with van der Waals surface area (Å²) in [5.74, 6) is -0.357. The average Bonchev–Trinajstić information content (AvgIpc) is 2.59. The molecular formula is C18H19N3O5. The highest BCUT2D eigenvalue weighted by Crippen LogP contribution is 2.28. The van der Waals surface area contributed by atoms with E-state index in [9.17, 15) is 20.0 Å². The number of ether oxygens (including phenoxy) is 1. The molecule has 0 bridgehead atoms. The molecule has 0 unspecified atom stereocenters. The maximum atomic E-state index is 11.9. The molecule has 26 heavy (non-hydrogen) atoms. The number of nitrogens with zero attached hydrogens (tertiary/aromatic N) is 2. The molecular weight excluding hydrogens is 338 g/mol. The van der Waals surface area contributed by atoms with Crippen molar-refractivity contribution in [2.24, 2.45) is 5.10 Å². The molecule has 2 rings (SSSR count). The van der Waals surface area contributed by atoms with Gasteiger partial charge in [0.15, 0.2) is 6.61 Å². The van der Waals surface area contributed by atoms with Gasteiger partial charge in [-0.1, -0.05) is 18.2 Å². The largest absolute Gasteiger partial charge is 0.502 e. The van der Waals surface area contributed by atoms with Crippen LogP contribution in [0.4, 0.5) is 5.69 Å². The highest BCUT2D eigenvalue weighted by Gasteiger charge is 2.15. The lowest BCUT2D eigenvalue weighted by Gasteiger charge is -2.13. The Morgan fingerprint density at radius 1 is 1.27 bits per heavy atom. The van der Waals surface area contributed by atoms with Crippen molar-refractivity contribution in [3.05, 3.63) is 62.7 Å².